The summed E-state index contributed by atoms with van der Waals surface area (Å²) in [5.41, 5.74) is 6.76. The number of nitrogens with two attached hydrogens (primary N) is 1. The van der Waals surface area contributed by atoms with Gasteiger partial charge in [0.25, 0.3) is 0 Å². The summed E-state index contributed by atoms with van der Waals surface area (Å²) in [7, 11) is 0. The maximum Gasteiger partial charge on any atom is 0.188 e. The van der Waals surface area contributed by atoms with Crippen LogP contribution < -0.4 is 11.1 Å². The minimum absolute atomic E-state index is 0.398. The second kappa shape index (κ2) is 4.73. The molecule has 0 heterocycles. The topological polar surface area (TPSA) is 50.4 Å². The Morgan fingerprint density at radius 2 is 2.29 bits per heavy atom. The van der Waals surface area contributed by atoms with Crippen molar-refractivity contribution in [1.82, 2.24) is 5.32 Å². The summed E-state index contributed by atoms with van der Waals surface area (Å²) in [4.78, 5) is 4.32. The summed E-state index contributed by atoms with van der Waals surface area (Å²) >= 11 is 1.90. The van der Waals surface area contributed by atoms with Crippen molar-refractivity contribution in [2.24, 2.45) is 10.7 Å². The SMILES string of the molecule is C=C(C)CNC(N)=NCC1(SC)CC1. The zero-order valence-electron chi connectivity index (χ0n) is 8.97. The molecule has 0 aliphatic heterocycles. The molecular formula is C10H19N3S. The Balaban J connectivity index is 2.26. The Labute approximate surface area is 90.2 Å². The Hall–Kier alpha value is -0.640. The fourth-order valence-corrected chi connectivity index (χ4v) is 1.80. The van der Waals surface area contributed by atoms with Gasteiger partial charge in [0.05, 0.1) is 6.54 Å². The van der Waals surface area contributed by atoms with E-state index in [9.17, 15) is 0 Å². The Morgan fingerprint density at radius 1 is 1.64 bits per heavy atom. The molecule has 1 aliphatic rings. The lowest BCUT2D eigenvalue weighted by Gasteiger charge is -2.09. The zero-order valence-corrected chi connectivity index (χ0v) is 9.78. The number of hydrogen-bond acceptors (Lipinski definition) is 2. The molecule has 0 saturated heterocycles. The molecule has 0 unspecified atom stereocenters. The summed E-state index contributed by atoms with van der Waals surface area (Å²) in [6.45, 7) is 7.30. The van der Waals surface area contributed by atoms with E-state index in [0.29, 0.717) is 17.3 Å². The summed E-state index contributed by atoms with van der Waals surface area (Å²) in [6.07, 6.45) is 4.68. The van der Waals surface area contributed by atoms with Crippen molar-refractivity contribution in [3.63, 3.8) is 0 Å². The predicted molar refractivity (Wildman–Crippen MR) is 64.8 cm³/mol. The third kappa shape index (κ3) is 3.62. The van der Waals surface area contributed by atoms with Gasteiger partial charge in [0, 0.05) is 11.3 Å². The average molecular weight is 213 g/mol. The van der Waals surface area contributed by atoms with E-state index in [-0.39, 0.29) is 0 Å². The maximum atomic E-state index is 5.70. The molecule has 1 rings (SSSR count). The van der Waals surface area contributed by atoms with Crippen LogP contribution in [0, 0.1) is 0 Å². The van der Waals surface area contributed by atoms with Crippen molar-refractivity contribution in [1.29, 1.82) is 0 Å². The number of nitrogens with zero attached hydrogens (tertiary/aromatic N) is 1. The fraction of sp³-hybridized carbons (Fsp3) is 0.700. The highest BCUT2D eigenvalue weighted by atomic mass is 32.2. The number of aliphatic imine (C=N–C) groups is 1. The molecule has 0 spiro atoms. The van der Waals surface area contributed by atoms with Crippen molar-refractivity contribution < 1.29 is 0 Å². The van der Waals surface area contributed by atoms with Gasteiger partial charge in [-0.15, -0.1) is 0 Å². The van der Waals surface area contributed by atoms with E-state index in [1.54, 1.807) is 0 Å². The minimum atomic E-state index is 0.398. The molecule has 1 saturated carbocycles. The minimum Gasteiger partial charge on any atom is -0.370 e. The molecule has 1 aliphatic carbocycles. The van der Waals surface area contributed by atoms with Crippen LogP contribution in [0.4, 0.5) is 0 Å². The summed E-state index contributed by atoms with van der Waals surface area (Å²) in [6, 6.07) is 0. The fourth-order valence-electron chi connectivity index (χ4n) is 1.09. The summed E-state index contributed by atoms with van der Waals surface area (Å²) in [5, 5.41) is 3.03. The molecular weight excluding hydrogens is 194 g/mol. The number of guanidine groups is 1. The first-order valence-corrected chi connectivity index (χ1v) is 6.04. The van der Waals surface area contributed by atoms with E-state index in [2.05, 4.69) is 23.1 Å². The highest BCUT2D eigenvalue weighted by molar-refractivity contribution is 8.00. The lowest BCUT2D eigenvalue weighted by molar-refractivity contribution is 0.876. The Kier molecular flexibility index (Phi) is 3.86. The van der Waals surface area contributed by atoms with Gasteiger partial charge in [-0.25, -0.2) is 0 Å². The van der Waals surface area contributed by atoms with Crippen LogP contribution in [0.1, 0.15) is 19.8 Å². The molecule has 3 nitrogen and oxygen atoms in total. The van der Waals surface area contributed by atoms with E-state index in [1.807, 2.05) is 18.7 Å². The second-order valence-corrected chi connectivity index (χ2v) is 5.17. The lowest BCUT2D eigenvalue weighted by Crippen LogP contribution is -2.33. The van der Waals surface area contributed by atoms with Crippen LogP contribution in [0.2, 0.25) is 0 Å². The molecule has 0 aromatic heterocycles. The zero-order chi connectivity index (χ0) is 10.6. The van der Waals surface area contributed by atoms with E-state index in [0.717, 1.165) is 12.1 Å². The van der Waals surface area contributed by atoms with Crippen molar-refractivity contribution in [2.45, 2.75) is 24.5 Å². The van der Waals surface area contributed by atoms with Crippen molar-refractivity contribution in [3.05, 3.63) is 12.2 Å². The van der Waals surface area contributed by atoms with Crippen LogP contribution in [0.5, 0.6) is 0 Å². The highest BCUT2D eigenvalue weighted by Gasteiger charge is 2.41. The van der Waals surface area contributed by atoms with Gasteiger partial charge in [-0.05, 0) is 26.0 Å². The quantitative estimate of drug-likeness (QED) is 0.412. The first-order valence-electron chi connectivity index (χ1n) is 4.81. The lowest BCUT2D eigenvalue weighted by atomic mass is 10.3. The van der Waals surface area contributed by atoms with Crippen LogP contribution in [0.25, 0.3) is 0 Å². The maximum absolute atomic E-state index is 5.70. The van der Waals surface area contributed by atoms with E-state index >= 15 is 0 Å². The number of thioether (sulfide) groups is 1. The molecule has 3 N–H and O–H groups in total. The highest BCUT2D eigenvalue weighted by Crippen LogP contribution is 2.47. The van der Waals surface area contributed by atoms with Crippen LogP contribution >= 0.6 is 11.8 Å². The van der Waals surface area contributed by atoms with Gasteiger partial charge in [0.1, 0.15) is 0 Å². The van der Waals surface area contributed by atoms with Crippen molar-refractivity contribution >= 4 is 17.7 Å². The van der Waals surface area contributed by atoms with Crippen LogP contribution in [-0.4, -0.2) is 30.1 Å². The van der Waals surface area contributed by atoms with E-state index in [1.165, 1.54) is 12.8 Å². The van der Waals surface area contributed by atoms with Crippen LogP contribution in [0.3, 0.4) is 0 Å². The third-order valence-electron chi connectivity index (χ3n) is 2.35. The van der Waals surface area contributed by atoms with Crippen molar-refractivity contribution in [2.75, 3.05) is 19.3 Å². The molecule has 80 valence electrons. The van der Waals surface area contributed by atoms with Gasteiger partial charge in [0.2, 0.25) is 0 Å². The molecule has 14 heavy (non-hydrogen) atoms. The summed E-state index contributed by atoms with van der Waals surface area (Å²) < 4.78 is 0.398. The smallest absolute Gasteiger partial charge is 0.188 e. The van der Waals surface area contributed by atoms with Crippen LogP contribution in [0.15, 0.2) is 17.1 Å². The Bertz CT molecular complexity index is 244. The van der Waals surface area contributed by atoms with Crippen molar-refractivity contribution in [3.8, 4) is 0 Å². The monoisotopic (exact) mass is 213 g/mol. The van der Waals surface area contributed by atoms with Crippen LogP contribution in [-0.2, 0) is 0 Å². The second-order valence-electron chi connectivity index (χ2n) is 3.90. The number of nitrogens with one attached hydrogen (secondary N) is 1. The molecule has 0 atom stereocenters. The van der Waals surface area contributed by atoms with Gasteiger partial charge < -0.3 is 11.1 Å². The molecule has 1 fully saturated rings. The largest absolute Gasteiger partial charge is 0.370 e. The average Bonchev–Trinajstić information content (AvgIpc) is 2.92. The number of hydrogen-bond donors (Lipinski definition) is 2. The van der Waals surface area contributed by atoms with Gasteiger partial charge in [-0.1, -0.05) is 12.2 Å². The van der Waals surface area contributed by atoms with E-state index < -0.39 is 0 Å². The standard InChI is InChI=1S/C10H19N3S/c1-8(2)6-12-9(11)13-7-10(14-3)4-5-10/h1,4-7H2,2-3H3,(H3,11,12,13). The van der Waals surface area contributed by atoms with E-state index in [4.69, 9.17) is 5.73 Å². The molecule has 0 bridgehead atoms. The summed E-state index contributed by atoms with van der Waals surface area (Å²) in [5.74, 6) is 0.535. The van der Waals surface area contributed by atoms with Gasteiger partial charge in [-0.3, -0.25) is 4.99 Å². The third-order valence-corrected chi connectivity index (χ3v) is 3.75. The Morgan fingerprint density at radius 3 is 2.71 bits per heavy atom. The molecule has 0 aromatic rings. The molecule has 4 heteroatoms. The van der Waals surface area contributed by atoms with Gasteiger partial charge in [0.15, 0.2) is 5.96 Å². The predicted octanol–water partition coefficient (Wildman–Crippen LogP) is 1.36. The first kappa shape index (κ1) is 11.4. The first-order chi connectivity index (χ1) is 6.58. The molecule has 0 radical (unpaired) electrons. The number of rotatable bonds is 5. The molecule has 0 amide bonds. The molecule has 0 aromatic carbocycles. The normalized spacial score (nSPS) is 19.1. The van der Waals surface area contributed by atoms with Gasteiger partial charge >= 0.3 is 0 Å². The van der Waals surface area contributed by atoms with Gasteiger partial charge in [-0.2, -0.15) is 11.8 Å².